The highest BCUT2D eigenvalue weighted by Crippen LogP contribution is 2.30. The van der Waals surface area contributed by atoms with Gasteiger partial charge in [0.25, 0.3) is 0 Å². The quantitative estimate of drug-likeness (QED) is 0.731. The summed E-state index contributed by atoms with van der Waals surface area (Å²) in [6.07, 6.45) is 3.17. The van der Waals surface area contributed by atoms with Crippen LogP contribution in [-0.2, 0) is 14.3 Å². The van der Waals surface area contributed by atoms with Crippen LogP contribution < -0.4 is 5.32 Å². The molecule has 1 aliphatic carbocycles. The van der Waals surface area contributed by atoms with Crippen molar-refractivity contribution in [3.63, 3.8) is 0 Å². The lowest BCUT2D eigenvalue weighted by molar-refractivity contribution is -0.149. The van der Waals surface area contributed by atoms with Gasteiger partial charge in [-0.1, -0.05) is 12.8 Å². The molecule has 1 saturated heterocycles. The summed E-state index contributed by atoms with van der Waals surface area (Å²) in [6.45, 7) is 1.10. The maximum absolute atomic E-state index is 11.9. The Bertz CT molecular complexity index is 288. The van der Waals surface area contributed by atoms with E-state index >= 15 is 0 Å². The molecule has 1 amide bonds. The Morgan fingerprint density at radius 1 is 1.12 bits per heavy atom. The Morgan fingerprint density at radius 3 is 2.25 bits per heavy atom. The van der Waals surface area contributed by atoms with Gasteiger partial charge in [-0.15, -0.1) is 0 Å². The van der Waals surface area contributed by atoms with Gasteiger partial charge in [0.05, 0.1) is 31.1 Å². The summed E-state index contributed by atoms with van der Waals surface area (Å²) in [5.41, 5.74) is 0. The van der Waals surface area contributed by atoms with Gasteiger partial charge < -0.3 is 15.2 Å². The number of carbonyl (C=O) groups is 2. The topological polar surface area (TPSA) is 75.6 Å². The van der Waals surface area contributed by atoms with Crippen molar-refractivity contribution < 1.29 is 19.4 Å². The van der Waals surface area contributed by atoms with Gasteiger partial charge in [-0.05, 0) is 12.8 Å². The van der Waals surface area contributed by atoms with Crippen LogP contribution in [0.2, 0.25) is 0 Å². The van der Waals surface area contributed by atoms with Crippen LogP contribution in [0.25, 0.3) is 0 Å². The number of nitrogens with one attached hydrogen (secondary N) is 1. The van der Waals surface area contributed by atoms with Crippen molar-refractivity contribution in [2.75, 3.05) is 13.2 Å². The molecule has 2 atom stereocenters. The number of ether oxygens (including phenoxy) is 1. The van der Waals surface area contributed by atoms with Crippen molar-refractivity contribution in [3.8, 4) is 0 Å². The molecular formula is C11H17NO4. The maximum atomic E-state index is 11.9. The first-order valence-corrected chi connectivity index (χ1v) is 5.79. The highest BCUT2D eigenvalue weighted by atomic mass is 16.5. The first kappa shape index (κ1) is 11.4. The Balaban J connectivity index is 1.93. The fourth-order valence-corrected chi connectivity index (χ4v) is 2.37. The van der Waals surface area contributed by atoms with Crippen LogP contribution in [0, 0.1) is 11.8 Å². The zero-order valence-electron chi connectivity index (χ0n) is 9.15. The van der Waals surface area contributed by atoms with Crippen LogP contribution in [0.4, 0.5) is 0 Å². The highest BCUT2D eigenvalue weighted by molar-refractivity contribution is 5.85. The summed E-state index contributed by atoms with van der Waals surface area (Å²) in [4.78, 5) is 22.9. The summed E-state index contributed by atoms with van der Waals surface area (Å²) in [5.74, 6) is -1.81. The predicted octanol–water partition coefficient (Wildman–Crippen LogP) is 0.392. The monoisotopic (exact) mass is 227 g/mol. The van der Waals surface area contributed by atoms with Crippen LogP contribution in [0.15, 0.2) is 0 Å². The van der Waals surface area contributed by atoms with Gasteiger partial charge in [-0.25, -0.2) is 0 Å². The average molecular weight is 227 g/mol. The van der Waals surface area contributed by atoms with E-state index in [-0.39, 0.29) is 17.9 Å². The van der Waals surface area contributed by atoms with E-state index < -0.39 is 11.9 Å². The van der Waals surface area contributed by atoms with Crippen molar-refractivity contribution >= 4 is 11.9 Å². The number of carbonyl (C=O) groups excluding carboxylic acids is 1. The molecule has 0 spiro atoms. The van der Waals surface area contributed by atoms with E-state index in [2.05, 4.69) is 5.32 Å². The second-order valence-electron chi connectivity index (χ2n) is 4.58. The van der Waals surface area contributed by atoms with E-state index in [1.54, 1.807) is 0 Å². The second kappa shape index (κ2) is 4.82. The van der Waals surface area contributed by atoms with Crippen molar-refractivity contribution in [1.82, 2.24) is 5.32 Å². The summed E-state index contributed by atoms with van der Waals surface area (Å²) >= 11 is 0. The van der Waals surface area contributed by atoms with Crippen LogP contribution in [0.3, 0.4) is 0 Å². The highest BCUT2D eigenvalue weighted by Gasteiger charge is 2.36. The number of aliphatic carboxylic acids is 1. The maximum Gasteiger partial charge on any atom is 0.307 e. The minimum atomic E-state index is -0.843. The van der Waals surface area contributed by atoms with E-state index in [1.165, 1.54) is 0 Å². The Morgan fingerprint density at radius 2 is 1.75 bits per heavy atom. The van der Waals surface area contributed by atoms with E-state index in [1.807, 2.05) is 0 Å². The van der Waals surface area contributed by atoms with E-state index in [9.17, 15) is 9.59 Å². The van der Waals surface area contributed by atoms with Crippen molar-refractivity contribution in [1.29, 1.82) is 0 Å². The molecular weight excluding hydrogens is 210 g/mol. The third kappa shape index (κ3) is 2.35. The van der Waals surface area contributed by atoms with Crippen molar-refractivity contribution in [3.05, 3.63) is 0 Å². The summed E-state index contributed by atoms with van der Waals surface area (Å²) in [6, 6.07) is 0.0869. The number of hydrogen-bond donors (Lipinski definition) is 2. The average Bonchev–Trinajstić information content (AvgIpc) is 2.23. The van der Waals surface area contributed by atoms with Crippen LogP contribution in [0.5, 0.6) is 0 Å². The molecule has 1 saturated carbocycles. The molecule has 16 heavy (non-hydrogen) atoms. The van der Waals surface area contributed by atoms with Crippen molar-refractivity contribution in [2.24, 2.45) is 11.8 Å². The lowest BCUT2D eigenvalue weighted by Gasteiger charge is -2.32. The van der Waals surface area contributed by atoms with Crippen LogP contribution in [0.1, 0.15) is 25.7 Å². The molecule has 5 heteroatoms. The van der Waals surface area contributed by atoms with Gasteiger partial charge >= 0.3 is 5.97 Å². The Hall–Kier alpha value is -1.10. The fourth-order valence-electron chi connectivity index (χ4n) is 2.37. The predicted molar refractivity (Wildman–Crippen MR) is 55.8 cm³/mol. The fraction of sp³-hybridized carbons (Fsp3) is 0.818. The van der Waals surface area contributed by atoms with Gasteiger partial charge in [-0.2, -0.15) is 0 Å². The third-order valence-corrected chi connectivity index (χ3v) is 3.40. The molecule has 1 heterocycles. The normalized spacial score (nSPS) is 30.5. The number of rotatable bonds is 3. The molecule has 0 aromatic rings. The molecule has 0 bridgehead atoms. The largest absolute Gasteiger partial charge is 0.481 e. The lowest BCUT2D eigenvalue weighted by Crippen LogP contribution is -2.52. The molecule has 1 aliphatic heterocycles. The number of carboxylic acid groups (broad SMARTS) is 1. The van der Waals surface area contributed by atoms with Crippen molar-refractivity contribution in [2.45, 2.75) is 31.7 Å². The molecule has 0 aromatic carbocycles. The molecule has 90 valence electrons. The minimum absolute atomic E-state index is 0.0869. The number of amides is 1. The lowest BCUT2D eigenvalue weighted by atomic mass is 9.78. The molecule has 0 aromatic heterocycles. The van der Waals surface area contributed by atoms with Gasteiger partial charge in [0.2, 0.25) is 5.91 Å². The SMILES string of the molecule is O=C(O)[C@H]1CCCC[C@H]1C(=O)NC1COC1. The van der Waals surface area contributed by atoms with Gasteiger partial charge in [0.15, 0.2) is 0 Å². The van der Waals surface area contributed by atoms with Gasteiger partial charge in [-0.3, -0.25) is 9.59 Å². The Kier molecular flexibility index (Phi) is 3.43. The minimum Gasteiger partial charge on any atom is -0.481 e. The second-order valence-corrected chi connectivity index (χ2v) is 4.58. The zero-order valence-corrected chi connectivity index (χ0v) is 9.15. The molecule has 2 rings (SSSR count). The molecule has 2 N–H and O–H groups in total. The molecule has 0 unspecified atom stereocenters. The zero-order chi connectivity index (χ0) is 11.5. The standard InChI is InChI=1S/C11H17NO4/c13-10(12-7-5-16-6-7)8-3-1-2-4-9(8)11(14)15/h7-9H,1-6H2,(H,12,13)(H,14,15)/t8-,9+/m1/s1. The van der Waals surface area contributed by atoms with Crippen LogP contribution >= 0.6 is 0 Å². The Labute approximate surface area is 94.2 Å². The summed E-state index contributed by atoms with van der Waals surface area (Å²) < 4.78 is 4.97. The molecule has 2 fully saturated rings. The number of hydrogen-bond acceptors (Lipinski definition) is 3. The van der Waals surface area contributed by atoms with E-state index in [0.29, 0.717) is 26.1 Å². The first-order chi connectivity index (χ1) is 7.68. The van der Waals surface area contributed by atoms with E-state index in [4.69, 9.17) is 9.84 Å². The van der Waals surface area contributed by atoms with Gasteiger partial charge in [0, 0.05) is 0 Å². The third-order valence-electron chi connectivity index (χ3n) is 3.40. The summed E-state index contributed by atoms with van der Waals surface area (Å²) in [7, 11) is 0. The van der Waals surface area contributed by atoms with Crippen LogP contribution in [-0.4, -0.2) is 36.2 Å². The molecule has 5 nitrogen and oxygen atoms in total. The van der Waals surface area contributed by atoms with Gasteiger partial charge in [0.1, 0.15) is 0 Å². The van der Waals surface area contributed by atoms with E-state index in [0.717, 1.165) is 12.8 Å². The summed E-state index contributed by atoms with van der Waals surface area (Å²) in [5, 5.41) is 11.9. The molecule has 2 aliphatic rings. The number of carboxylic acids is 1. The smallest absolute Gasteiger partial charge is 0.307 e. The first-order valence-electron chi connectivity index (χ1n) is 5.79. The molecule has 0 radical (unpaired) electrons.